The van der Waals surface area contributed by atoms with Gasteiger partial charge in [-0.25, -0.2) is 0 Å². The van der Waals surface area contributed by atoms with Gasteiger partial charge in [-0.3, -0.25) is 0 Å². The summed E-state index contributed by atoms with van der Waals surface area (Å²) in [6, 6.07) is 0.338. The van der Waals surface area contributed by atoms with Crippen LogP contribution in [0.3, 0.4) is 0 Å². The second-order valence-electron chi connectivity index (χ2n) is 3.90. The molecular formula is C12H23N5O2. The van der Waals surface area contributed by atoms with Crippen LogP contribution in [0.1, 0.15) is 26.7 Å². The molecule has 1 heterocycles. The van der Waals surface area contributed by atoms with Gasteiger partial charge in [-0.2, -0.15) is 15.0 Å². The van der Waals surface area contributed by atoms with E-state index >= 15 is 0 Å². The van der Waals surface area contributed by atoms with Crippen molar-refractivity contribution < 1.29 is 9.47 Å². The van der Waals surface area contributed by atoms with Crippen LogP contribution < -0.4 is 15.4 Å². The normalized spacial score (nSPS) is 10.3. The number of hydrogen-bond acceptors (Lipinski definition) is 7. The zero-order chi connectivity index (χ0) is 13.9. The highest BCUT2D eigenvalue weighted by atomic mass is 16.5. The van der Waals surface area contributed by atoms with Crippen LogP contribution in [0, 0.1) is 0 Å². The van der Waals surface area contributed by atoms with E-state index in [0.29, 0.717) is 31.1 Å². The van der Waals surface area contributed by atoms with Crippen molar-refractivity contribution in [3.05, 3.63) is 0 Å². The Kier molecular flexibility index (Phi) is 7.57. The molecule has 0 aliphatic carbocycles. The number of aromatic nitrogens is 3. The molecule has 2 N–H and O–H groups in total. The Bertz CT molecular complexity index is 362. The van der Waals surface area contributed by atoms with Gasteiger partial charge >= 0.3 is 6.01 Å². The summed E-state index contributed by atoms with van der Waals surface area (Å²) < 4.78 is 10.3. The molecule has 1 rings (SSSR count). The van der Waals surface area contributed by atoms with Crippen molar-refractivity contribution in [3.8, 4) is 6.01 Å². The van der Waals surface area contributed by atoms with Crippen LogP contribution >= 0.6 is 0 Å². The summed E-state index contributed by atoms with van der Waals surface area (Å²) in [5.74, 6) is 1.06. The van der Waals surface area contributed by atoms with Crippen LogP contribution in [0.5, 0.6) is 6.01 Å². The van der Waals surface area contributed by atoms with Crippen molar-refractivity contribution in [2.45, 2.75) is 26.7 Å². The van der Waals surface area contributed by atoms with Crippen molar-refractivity contribution in [3.63, 3.8) is 0 Å². The first-order chi connectivity index (χ1) is 9.30. The number of rotatable bonds is 10. The van der Waals surface area contributed by atoms with Gasteiger partial charge in [0, 0.05) is 26.8 Å². The number of nitrogens with one attached hydrogen (secondary N) is 2. The average molecular weight is 269 g/mol. The van der Waals surface area contributed by atoms with E-state index in [2.05, 4.69) is 32.5 Å². The number of nitrogens with zero attached hydrogens (tertiary/aromatic N) is 3. The van der Waals surface area contributed by atoms with E-state index in [1.807, 2.05) is 6.92 Å². The van der Waals surface area contributed by atoms with Gasteiger partial charge in [-0.05, 0) is 19.8 Å². The zero-order valence-corrected chi connectivity index (χ0v) is 11.9. The molecule has 0 amide bonds. The van der Waals surface area contributed by atoms with Crippen molar-refractivity contribution in [1.29, 1.82) is 0 Å². The lowest BCUT2D eigenvalue weighted by Crippen LogP contribution is -2.12. The molecular weight excluding hydrogens is 246 g/mol. The maximum absolute atomic E-state index is 5.33. The lowest BCUT2D eigenvalue weighted by atomic mass is 10.4. The molecule has 1 aromatic heterocycles. The van der Waals surface area contributed by atoms with Gasteiger partial charge in [0.25, 0.3) is 0 Å². The van der Waals surface area contributed by atoms with E-state index in [4.69, 9.17) is 9.47 Å². The fourth-order valence-corrected chi connectivity index (χ4v) is 1.36. The number of anilines is 2. The van der Waals surface area contributed by atoms with Gasteiger partial charge in [0.15, 0.2) is 0 Å². The molecule has 108 valence electrons. The molecule has 7 heteroatoms. The largest absolute Gasteiger partial charge is 0.464 e. The molecule has 0 bridgehead atoms. The van der Waals surface area contributed by atoms with Crippen molar-refractivity contribution >= 4 is 11.9 Å². The second-order valence-corrected chi connectivity index (χ2v) is 3.90. The molecule has 0 aromatic carbocycles. The van der Waals surface area contributed by atoms with Crippen LogP contribution in [-0.4, -0.2) is 48.4 Å². The van der Waals surface area contributed by atoms with Crippen molar-refractivity contribution in [2.24, 2.45) is 0 Å². The third-order valence-corrected chi connectivity index (χ3v) is 2.23. The first kappa shape index (κ1) is 15.4. The third-order valence-electron chi connectivity index (χ3n) is 2.23. The Balaban J connectivity index is 2.63. The number of hydrogen-bond donors (Lipinski definition) is 2. The first-order valence-electron chi connectivity index (χ1n) is 6.65. The lowest BCUT2D eigenvalue weighted by Gasteiger charge is -2.09. The molecule has 0 saturated heterocycles. The van der Waals surface area contributed by atoms with Gasteiger partial charge < -0.3 is 20.1 Å². The molecule has 0 fully saturated rings. The molecule has 0 saturated carbocycles. The zero-order valence-electron chi connectivity index (χ0n) is 11.9. The molecule has 19 heavy (non-hydrogen) atoms. The second kappa shape index (κ2) is 9.32. The standard InChI is InChI=1S/C12H23N5O2/c1-4-7-13-10-15-11(14-8-6-9-18-3)17-12(16-10)19-5-2/h4-9H2,1-3H3,(H2,13,14,15,16,17). The third kappa shape index (κ3) is 6.19. The molecule has 0 radical (unpaired) electrons. The Morgan fingerprint density at radius 2 is 1.68 bits per heavy atom. The van der Waals surface area contributed by atoms with Gasteiger partial charge in [0.1, 0.15) is 0 Å². The highest BCUT2D eigenvalue weighted by Gasteiger charge is 2.06. The first-order valence-corrected chi connectivity index (χ1v) is 6.65. The highest BCUT2D eigenvalue weighted by Crippen LogP contribution is 2.11. The maximum atomic E-state index is 5.33. The molecule has 7 nitrogen and oxygen atoms in total. The monoisotopic (exact) mass is 269 g/mol. The van der Waals surface area contributed by atoms with Gasteiger partial charge in [-0.15, -0.1) is 0 Å². The lowest BCUT2D eigenvalue weighted by molar-refractivity contribution is 0.197. The smallest absolute Gasteiger partial charge is 0.323 e. The predicted molar refractivity (Wildman–Crippen MR) is 74.8 cm³/mol. The highest BCUT2D eigenvalue weighted by molar-refractivity contribution is 5.35. The number of ether oxygens (including phenoxy) is 2. The van der Waals surface area contributed by atoms with E-state index in [-0.39, 0.29) is 0 Å². The van der Waals surface area contributed by atoms with Crippen LogP contribution in [0.15, 0.2) is 0 Å². The van der Waals surface area contributed by atoms with Gasteiger partial charge in [-0.1, -0.05) is 6.92 Å². The molecule has 0 atom stereocenters. The van der Waals surface area contributed by atoms with Crippen LogP contribution in [-0.2, 0) is 4.74 Å². The maximum Gasteiger partial charge on any atom is 0.323 e. The van der Waals surface area contributed by atoms with E-state index in [9.17, 15) is 0 Å². The van der Waals surface area contributed by atoms with E-state index in [1.165, 1.54) is 0 Å². The topological polar surface area (TPSA) is 81.2 Å². The molecule has 0 spiro atoms. The van der Waals surface area contributed by atoms with Crippen LogP contribution in [0.4, 0.5) is 11.9 Å². The van der Waals surface area contributed by atoms with E-state index in [1.54, 1.807) is 7.11 Å². The minimum absolute atomic E-state index is 0.338. The Morgan fingerprint density at radius 3 is 2.26 bits per heavy atom. The average Bonchev–Trinajstić information content (AvgIpc) is 2.42. The Morgan fingerprint density at radius 1 is 1.00 bits per heavy atom. The van der Waals surface area contributed by atoms with Crippen molar-refractivity contribution in [1.82, 2.24) is 15.0 Å². The van der Waals surface area contributed by atoms with Gasteiger partial charge in [0.05, 0.1) is 6.61 Å². The predicted octanol–water partition coefficient (Wildman–Crippen LogP) is 1.54. The molecule has 0 aliphatic rings. The summed E-state index contributed by atoms with van der Waals surface area (Å²) in [4.78, 5) is 12.7. The fourth-order valence-electron chi connectivity index (χ4n) is 1.36. The van der Waals surface area contributed by atoms with Crippen LogP contribution in [0.2, 0.25) is 0 Å². The van der Waals surface area contributed by atoms with Crippen molar-refractivity contribution in [2.75, 3.05) is 44.0 Å². The van der Waals surface area contributed by atoms with E-state index in [0.717, 1.165) is 25.9 Å². The molecule has 0 aliphatic heterocycles. The number of methoxy groups -OCH3 is 1. The minimum atomic E-state index is 0.338. The Hall–Kier alpha value is -1.63. The summed E-state index contributed by atoms with van der Waals surface area (Å²) in [6.07, 6.45) is 1.90. The summed E-state index contributed by atoms with van der Waals surface area (Å²) in [5.41, 5.74) is 0. The Labute approximate surface area is 114 Å². The van der Waals surface area contributed by atoms with E-state index < -0.39 is 0 Å². The van der Waals surface area contributed by atoms with Crippen LogP contribution in [0.25, 0.3) is 0 Å². The minimum Gasteiger partial charge on any atom is -0.464 e. The summed E-state index contributed by atoms with van der Waals surface area (Å²) in [7, 11) is 1.68. The quantitative estimate of drug-likeness (QED) is 0.623. The summed E-state index contributed by atoms with van der Waals surface area (Å²) in [5, 5.41) is 6.26. The summed E-state index contributed by atoms with van der Waals surface area (Å²) >= 11 is 0. The van der Waals surface area contributed by atoms with Gasteiger partial charge in [0.2, 0.25) is 11.9 Å². The summed E-state index contributed by atoms with van der Waals surface area (Å²) in [6.45, 7) is 6.78. The molecule has 1 aromatic rings. The fraction of sp³-hybridized carbons (Fsp3) is 0.750. The molecule has 0 unspecified atom stereocenters. The SMILES string of the molecule is CCCNc1nc(NCCCOC)nc(OCC)n1.